The van der Waals surface area contributed by atoms with E-state index in [1.165, 1.54) is 32.7 Å². The molecule has 9 nitrogen and oxygen atoms in total. The fourth-order valence-corrected chi connectivity index (χ4v) is 4.11. The number of thiazole rings is 1. The van der Waals surface area contributed by atoms with Crippen molar-refractivity contribution in [3.63, 3.8) is 0 Å². The maximum absolute atomic E-state index is 12.7. The van der Waals surface area contributed by atoms with Crippen LogP contribution in [0.3, 0.4) is 0 Å². The van der Waals surface area contributed by atoms with Crippen molar-refractivity contribution in [2.24, 2.45) is 0 Å². The van der Waals surface area contributed by atoms with E-state index in [9.17, 15) is 4.79 Å². The highest BCUT2D eigenvalue weighted by Crippen LogP contribution is 2.40. The number of pyridine rings is 1. The van der Waals surface area contributed by atoms with Crippen molar-refractivity contribution in [3.05, 3.63) is 65.8 Å². The summed E-state index contributed by atoms with van der Waals surface area (Å²) in [5.41, 5.74) is 4.76. The van der Waals surface area contributed by atoms with Crippen LogP contribution < -0.4 is 30.2 Å². The van der Waals surface area contributed by atoms with Crippen LogP contribution in [0.1, 0.15) is 5.56 Å². The van der Waals surface area contributed by atoms with Gasteiger partial charge in [0.15, 0.2) is 16.6 Å². The quantitative estimate of drug-likeness (QED) is 0.281. The molecule has 0 unspecified atom stereocenters. The minimum Gasteiger partial charge on any atom is -0.493 e. The van der Waals surface area contributed by atoms with Crippen LogP contribution in [0.4, 0.5) is 27.0 Å². The number of urea groups is 1. The molecule has 180 valence electrons. The number of ether oxygens (including phenoxy) is 3. The Morgan fingerprint density at radius 1 is 0.943 bits per heavy atom. The summed E-state index contributed by atoms with van der Waals surface area (Å²) in [4.78, 5) is 21.5. The second-order valence-corrected chi connectivity index (χ2v) is 8.29. The third-order valence-electron chi connectivity index (χ3n) is 5.12. The number of rotatable bonds is 8. The first kappa shape index (κ1) is 23.8. The molecule has 0 saturated heterocycles. The van der Waals surface area contributed by atoms with E-state index in [4.69, 9.17) is 14.2 Å². The van der Waals surface area contributed by atoms with Crippen LogP contribution in [0, 0.1) is 6.92 Å². The van der Waals surface area contributed by atoms with Gasteiger partial charge in [-0.05, 0) is 36.8 Å². The second-order valence-electron chi connectivity index (χ2n) is 7.43. The van der Waals surface area contributed by atoms with E-state index in [0.717, 1.165) is 27.6 Å². The van der Waals surface area contributed by atoms with Gasteiger partial charge in [-0.2, -0.15) is 0 Å². The van der Waals surface area contributed by atoms with Gasteiger partial charge >= 0.3 is 6.03 Å². The molecule has 10 heteroatoms. The lowest BCUT2D eigenvalue weighted by Gasteiger charge is -2.15. The fourth-order valence-electron chi connectivity index (χ4n) is 3.37. The number of aryl methyl sites for hydroxylation is 1. The van der Waals surface area contributed by atoms with E-state index >= 15 is 0 Å². The molecule has 0 radical (unpaired) electrons. The molecule has 35 heavy (non-hydrogen) atoms. The van der Waals surface area contributed by atoms with Crippen LogP contribution in [0.5, 0.6) is 17.2 Å². The Kier molecular flexibility index (Phi) is 7.32. The van der Waals surface area contributed by atoms with E-state index in [0.29, 0.717) is 28.6 Å². The largest absolute Gasteiger partial charge is 0.493 e. The van der Waals surface area contributed by atoms with Gasteiger partial charge in [-0.3, -0.25) is 4.98 Å². The molecular weight excluding hydrogens is 466 g/mol. The van der Waals surface area contributed by atoms with E-state index in [1.54, 1.807) is 24.5 Å². The van der Waals surface area contributed by atoms with E-state index in [2.05, 4.69) is 25.9 Å². The number of carbonyl (C=O) groups is 1. The Morgan fingerprint density at radius 2 is 1.69 bits per heavy atom. The van der Waals surface area contributed by atoms with Gasteiger partial charge < -0.3 is 30.2 Å². The second kappa shape index (κ2) is 10.7. The Balaban J connectivity index is 1.47. The van der Waals surface area contributed by atoms with E-state index in [-0.39, 0.29) is 0 Å². The molecule has 0 spiro atoms. The average Bonchev–Trinajstić information content (AvgIpc) is 3.34. The molecule has 2 aromatic heterocycles. The van der Waals surface area contributed by atoms with Crippen LogP contribution in [0.15, 0.2) is 60.2 Å². The topological polar surface area (TPSA) is 107 Å². The summed E-state index contributed by atoms with van der Waals surface area (Å²) in [6.07, 6.45) is 3.51. The van der Waals surface area contributed by atoms with Crippen molar-refractivity contribution < 1.29 is 19.0 Å². The van der Waals surface area contributed by atoms with Crippen LogP contribution >= 0.6 is 11.3 Å². The van der Waals surface area contributed by atoms with Gasteiger partial charge in [0.2, 0.25) is 5.75 Å². The van der Waals surface area contributed by atoms with E-state index in [1.807, 2.05) is 42.6 Å². The van der Waals surface area contributed by atoms with Gasteiger partial charge in [-0.25, -0.2) is 9.78 Å². The van der Waals surface area contributed by atoms with Gasteiger partial charge in [0.1, 0.15) is 0 Å². The zero-order valence-corrected chi connectivity index (χ0v) is 20.5. The summed E-state index contributed by atoms with van der Waals surface area (Å²) in [6.45, 7) is 1.98. The third kappa shape index (κ3) is 5.61. The summed E-state index contributed by atoms with van der Waals surface area (Å²) in [6, 6.07) is 12.4. The number of anilines is 4. The van der Waals surface area contributed by atoms with Gasteiger partial charge in [0, 0.05) is 46.8 Å². The van der Waals surface area contributed by atoms with Crippen molar-refractivity contribution in [3.8, 4) is 28.5 Å². The number of amides is 2. The number of carbonyl (C=O) groups excluding carboxylic acids is 1. The minimum atomic E-state index is -0.415. The number of aromatic nitrogens is 2. The lowest BCUT2D eigenvalue weighted by atomic mass is 10.2. The summed E-state index contributed by atoms with van der Waals surface area (Å²) in [5.74, 6) is 1.33. The summed E-state index contributed by atoms with van der Waals surface area (Å²) in [5, 5.41) is 11.7. The number of hydrogen-bond donors (Lipinski definition) is 3. The van der Waals surface area contributed by atoms with Crippen LogP contribution in [0.2, 0.25) is 0 Å². The van der Waals surface area contributed by atoms with Crippen LogP contribution in [-0.4, -0.2) is 37.3 Å². The smallest absolute Gasteiger partial charge is 0.323 e. The molecule has 0 atom stereocenters. The molecule has 0 aliphatic rings. The molecule has 2 heterocycles. The van der Waals surface area contributed by atoms with Crippen molar-refractivity contribution in [1.82, 2.24) is 9.97 Å². The number of hydrogen-bond acceptors (Lipinski definition) is 8. The predicted molar refractivity (Wildman–Crippen MR) is 139 cm³/mol. The van der Waals surface area contributed by atoms with Crippen LogP contribution in [0.25, 0.3) is 11.3 Å². The molecule has 2 aromatic carbocycles. The average molecular weight is 492 g/mol. The monoisotopic (exact) mass is 491 g/mol. The Labute approximate surface area is 207 Å². The molecule has 4 rings (SSSR count). The number of nitrogens with one attached hydrogen (secondary N) is 3. The van der Waals surface area contributed by atoms with Crippen molar-refractivity contribution in [2.45, 2.75) is 6.92 Å². The number of nitrogens with zero attached hydrogens (tertiary/aromatic N) is 2. The molecule has 0 fully saturated rings. The fraction of sp³-hybridized carbons (Fsp3) is 0.160. The minimum absolute atomic E-state index is 0.415. The highest BCUT2D eigenvalue weighted by Gasteiger charge is 2.15. The Hall–Kier alpha value is -4.31. The van der Waals surface area contributed by atoms with Gasteiger partial charge in [-0.1, -0.05) is 6.07 Å². The number of methoxy groups -OCH3 is 3. The zero-order chi connectivity index (χ0) is 24.8. The standard InChI is InChI=1S/C25H25N5O4S/c1-15-7-8-17(10-19(15)29-25-30-20(14-35-25)16-6-5-9-26-13-16)27-24(31)28-18-11-21(32-2)23(34-4)22(12-18)33-3/h5-14H,1-4H3,(H,29,30)(H2,27,28,31). The number of benzene rings is 2. The van der Waals surface area contributed by atoms with Crippen molar-refractivity contribution in [1.29, 1.82) is 0 Å². The highest BCUT2D eigenvalue weighted by molar-refractivity contribution is 7.14. The normalized spacial score (nSPS) is 10.4. The first-order chi connectivity index (χ1) is 17.0. The molecule has 0 bridgehead atoms. The van der Waals surface area contributed by atoms with Gasteiger partial charge in [0.05, 0.1) is 32.7 Å². The molecule has 4 aromatic rings. The Bertz CT molecular complexity index is 1300. The predicted octanol–water partition coefficient (Wildman–Crippen LogP) is 5.93. The van der Waals surface area contributed by atoms with Crippen LogP contribution in [-0.2, 0) is 0 Å². The zero-order valence-electron chi connectivity index (χ0n) is 19.7. The lowest BCUT2D eigenvalue weighted by Crippen LogP contribution is -2.19. The molecule has 0 aliphatic carbocycles. The van der Waals surface area contributed by atoms with E-state index < -0.39 is 6.03 Å². The van der Waals surface area contributed by atoms with Crippen molar-refractivity contribution >= 4 is 39.6 Å². The third-order valence-corrected chi connectivity index (χ3v) is 5.88. The first-order valence-electron chi connectivity index (χ1n) is 10.6. The maximum atomic E-state index is 12.7. The molecule has 2 amide bonds. The summed E-state index contributed by atoms with van der Waals surface area (Å²) in [7, 11) is 4.56. The lowest BCUT2D eigenvalue weighted by molar-refractivity contribution is 0.262. The summed E-state index contributed by atoms with van der Waals surface area (Å²) < 4.78 is 16.0. The molecule has 0 aliphatic heterocycles. The van der Waals surface area contributed by atoms with Gasteiger partial charge in [0.25, 0.3) is 0 Å². The van der Waals surface area contributed by atoms with Crippen molar-refractivity contribution in [2.75, 3.05) is 37.3 Å². The summed E-state index contributed by atoms with van der Waals surface area (Å²) >= 11 is 1.50. The SMILES string of the molecule is COc1cc(NC(=O)Nc2ccc(C)c(Nc3nc(-c4cccnc4)cs3)c2)cc(OC)c1OC. The Morgan fingerprint density at radius 3 is 2.34 bits per heavy atom. The molecular formula is C25H25N5O4S. The molecule has 0 saturated carbocycles. The maximum Gasteiger partial charge on any atom is 0.323 e. The highest BCUT2D eigenvalue weighted by atomic mass is 32.1. The first-order valence-corrected chi connectivity index (χ1v) is 11.5. The van der Waals surface area contributed by atoms with Gasteiger partial charge in [-0.15, -0.1) is 11.3 Å². The molecule has 3 N–H and O–H groups in total.